The second-order valence-electron chi connectivity index (χ2n) is 7.60. The smallest absolute Gasteiger partial charge is 0.343 e. The molecule has 1 N–H and O–H groups in total. The Labute approximate surface area is 158 Å². The lowest BCUT2D eigenvalue weighted by Gasteiger charge is -2.37. The van der Waals surface area contributed by atoms with Crippen LogP contribution in [0.25, 0.3) is 0 Å². The number of esters is 1. The van der Waals surface area contributed by atoms with Crippen molar-refractivity contribution < 1.29 is 24.2 Å². The molecule has 0 aliphatic heterocycles. The lowest BCUT2D eigenvalue weighted by Crippen LogP contribution is -2.28. The minimum atomic E-state index is -1.02. The van der Waals surface area contributed by atoms with Gasteiger partial charge in [0.1, 0.15) is 5.75 Å². The van der Waals surface area contributed by atoms with Gasteiger partial charge in [-0.3, -0.25) is 0 Å². The summed E-state index contributed by atoms with van der Waals surface area (Å²) >= 11 is 0. The highest BCUT2D eigenvalue weighted by atomic mass is 16.5. The summed E-state index contributed by atoms with van der Waals surface area (Å²) in [4.78, 5) is 23.5. The van der Waals surface area contributed by atoms with Crippen LogP contribution in [0, 0.1) is 0 Å². The van der Waals surface area contributed by atoms with E-state index in [0.29, 0.717) is 17.9 Å². The lowest BCUT2D eigenvalue weighted by molar-refractivity contribution is 0.0696. The minimum absolute atomic E-state index is 0.0642. The number of fused-ring (bicyclic) bond motifs is 1. The number of aromatic carboxylic acids is 1. The largest absolute Gasteiger partial charge is 0.478 e. The molecule has 3 rings (SSSR count). The molecule has 27 heavy (non-hydrogen) atoms. The van der Waals surface area contributed by atoms with Gasteiger partial charge in [0.25, 0.3) is 0 Å². The topological polar surface area (TPSA) is 72.8 Å². The molecule has 142 valence electrons. The van der Waals surface area contributed by atoms with Crippen LogP contribution in [-0.4, -0.2) is 30.8 Å². The molecule has 1 unspecified atom stereocenters. The lowest BCUT2D eigenvalue weighted by atomic mass is 9.68. The van der Waals surface area contributed by atoms with Gasteiger partial charge >= 0.3 is 11.9 Å². The van der Waals surface area contributed by atoms with Crippen molar-refractivity contribution in [1.82, 2.24) is 0 Å². The number of hydrogen-bond acceptors (Lipinski definition) is 4. The molecule has 2 aromatic rings. The van der Waals surface area contributed by atoms with Crippen molar-refractivity contribution in [2.75, 3.05) is 13.7 Å². The molecule has 2 aromatic carbocycles. The number of benzene rings is 2. The molecule has 5 nitrogen and oxygen atoms in total. The van der Waals surface area contributed by atoms with E-state index in [1.54, 1.807) is 13.2 Å². The van der Waals surface area contributed by atoms with E-state index >= 15 is 0 Å². The molecular formula is C22H24O5. The summed E-state index contributed by atoms with van der Waals surface area (Å²) in [5.74, 6) is -0.896. The highest BCUT2D eigenvalue weighted by Gasteiger charge is 2.33. The molecule has 0 fully saturated rings. The molecular weight excluding hydrogens is 344 g/mol. The third kappa shape index (κ3) is 4.03. The zero-order chi connectivity index (χ0) is 19.6. The maximum atomic E-state index is 12.6. The van der Waals surface area contributed by atoms with E-state index in [2.05, 4.69) is 13.8 Å². The first kappa shape index (κ1) is 19.1. The maximum absolute atomic E-state index is 12.6. The maximum Gasteiger partial charge on any atom is 0.343 e. The Hall–Kier alpha value is -2.66. The average Bonchev–Trinajstić information content (AvgIpc) is 2.64. The first-order chi connectivity index (χ1) is 12.8. The third-order valence-corrected chi connectivity index (χ3v) is 5.25. The zero-order valence-electron chi connectivity index (χ0n) is 15.8. The van der Waals surface area contributed by atoms with Crippen molar-refractivity contribution in [1.29, 1.82) is 0 Å². The van der Waals surface area contributed by atoms with E-state index in [4.69, 9.17) is 14.6 Å². The second-order valence-corrected chi connectivity index (χ2v) is 7.60. The molecule has 0 saturated carbocycles. The first-order valence-electron chi connectivity index (χ1n) is 9.01. The second kappa shape index (κ2) is 7.53. The quantitative estimate of drug-likeness (QED) is 0.625. The van der Waals surface area contributed by atoms with Crippen molar-refractivity contribution in [2.24, 2.45) is 0 Å². The predicted molar refractivity (Wildman–Crippen MR) is 102 cm³/mol. The van der Waals surface area contributed by atoms with Gasteiger partial charge in [0.05, 0.1) is 17.7 Å². The van der Waals surface area contributed by atoms with Gasteiger partial charge in [0.2, 0.25) is 0 Å². The van der Waals surface area contributed by atoms with Crippen LogP contribution < -0.4 is 4.74 Å². The van der Waals surface area contributed by atoms with Crippen LogP contribution in [0.2, 0.25) is 0 Å². The molecule has 5 heteroatoms. The Balaban J connectivity index is 1.85. The molecule has 0 saturated heterocycles. The molecule has 0 aromatic heterocycles. The van der Waals surface area contributed by atoms with Gasteiger partial charge in [0.15, 0.2) is 0 Å². The van der Waals surface area contributed by atoms with E-state index < -0.39 is 11.9 Å². The molecule has 0 bridgehead atoms. The van der Waals surface area contributed by atoms with E-state index in [9.17, 15) is 9.59 Å². The Kier molecular flexibility index (Phi) is 5.33. The van der Waals surface area contributed by atoms with Crippen LogP contribution >= 0.6 is 0 Å². The van der Waals surface area contributed by atoms with Crippen LogP contribution in [0.1, 0.15) is 64.4 Å². The Morgan fingerprint density at radius 1 is 1.11 bits per heavy atom. The van der Waals surface area contributed by atoms with E-state index in [-0.39, 0.29) is 16.9 Å². The van der Waals surface area contributed by atoms with Gasteiger partial charge in [-0.2, -0.15) is 0 Å². The normalized spacial score (nSPS) is 17.8. The Morgan fingerprint density at radius 2 is 1.78 bits per heavy atom. The van der Waals surface area contributed by atoms with Crippen LogP contribution in [0.3, 0.4) is 0 Å². The zero-order valence-corrected chi connectivity index (χ0v) is 15.8. The molecule has 1 atom stereocenters. The Morgan fingerprint density at radius 3 is 2.41 bits per heavy atom. The summed E-state index contributed by atoms with van der Waals surface area (Å²) in [6.07, 6.45) is 2.09. The number of hydrogen-bond donors (Lipinski definition) is 1. The molecule has 0 heterocycles. The average molecular weight is 368 g/mol. The molecule has 0 amide bonds. The summed E-state index contributed by atoms with van der Waals surface area (Å²) in [7, 11) is 1.69. The monoisotopic (exact) mass is 368 g/mol. The fourth-order valence-electron chi connectivity index (χ4n) is 3.67. The van der Waals surface area contributed by atoms with Crippen LogP contribution in [-0.2, 0) is 10.2 Å². The summed E-state index contributed by atoms with van der Waals surface area (Å²) in [5.41, 5.74) is 3.08. The molecule has 1 aliphatic rings. The summed E-state index contributed by atoms with van der Waals surface area (Å²) in [5, 5.41) is 8.94. The number of carbonyl (C=O) groups excluding carboxylic acids is 1. The fraction of sp³-hybridized carbons (Fsp3) is 0.364. The third-order valence-electron chi connectivity index (χ3n) is 5.25. The van der Waals surface area contributed by atoms with E-state index in [1.807, 2.05) is 12.1 Å². The molecule has 0 radical (unpaired) electrons. The van der Waals surface area contributed by atoms with Gasteiger partial charge in [-0.25, -0.2) is 9.59 Å². The number of carbonyl (C=O) groups is 2. The summed E-state index contributed by atoms with van der Waals surface area (Å²) in [6, 6.07) is 11.5. The minimum Gasteiger partial charge on any atom is -0.478 e. The number of methoxy groups -OCH3 is 1. The van der Waals surface area contributed by atoms with Gasteiger partial charge in [-0.05, 0) is 65.8 Å². The molecule has 0 spiro atoms. The fourth-order valence-corrected chi connectivity index (χ4v) is 3.67. The summed E-state index contributed by atoms with van der Waals surface area (Å²) < 4.78 is 10.8. The van der Waals surface area contributed by atoms with Crippen molar-refractivity contribution in [3.63, 3.8) is 0 Å². The number of rotatable bonds is 5. The van der Waals surface area contributed by atoms with Crippen LogP contribution in [0.4, 0.5) is 0 Å². The van der Waals surface area contributed by atoms with Crippen molar-refractivity contribution in [2.45, 2.75) is 38.0 Å². The van der Waals surface area contributed by atoms with Gasteiger partial charge in [-0.15, -0.1) is 0 Å². The van der Waals surface area contributed by atoms with Crippen molar-refractivity contribution >= 4 is 11.9 Å². The highest BCUT2D eigenvalue weighted by Crippen LogP contribution is 2.43. The highest BCUT2D eigenvalue weighted by molar-refractivity contribution is 5.92. The van der Waals surface area contributed by atoms with E-state index in [1.165, 1.54) is 29.8 Å². The van der Waals surface area contributed by atoms with Gasteiger partial charge in [0, 0.05) is 13.0 Å². The predicted octanol–water partition coefficient (Wildman–Crippen LogP) is 4.41. The van der Waals surface area contributed by atoms with Gasteiger partial charge < -0.3 is 14.6 Å². The number of ether oxygens (including phenoxy) is 2. The summed E-state index contributed by atoms with van der Waals surface area (Å²) in [6.45, 7) is 5.06. The SMILES string of the molecule is COCC1CCC(C)(C)c2ccc(C(=O)Oc3ccc(C(=O)O)cc3)cc21. The molecule has 1 aliphatic carbocycles. The van der Waals surface area contributed by atoms with Crippen LogP contribution in [0.15, 0.2) is 42.5 Å². The number of carboxylic acids is 1. The van der Waals surface area contributed by atoms with Gasteiger partial charge in [-0.1, -0.05) is 19.9 Å². The Bertz CT molecular complexity index is 852. The first-order valence-corrected chi connectivity index (χ1v) is 9.01. The van der Waals surface area contributed by atoms with Crippen molar-refractivity contribution in [3.8, 4) is 5.75 Å². The number of carboxylic acid groups (broad SMARTS) is 1. The standard InChI is InChI=1S/C22H24O5/c1-22(2)11-10-16(13-26-3)18-12-15(6-9-19(18)22)21(25)27-17-7-4-14(5-8-17)20(23)24/h4-9,12,16H,10-11,13H2,1-3H3,(H,23,24). The van der Waals surface area contributed by atoms with Crippen molar-refractivity contribution in [3.05, 3.63) is 64.7 Å². The van der Waals surface area contributed by atoms with Crippen LogP contribution in [0.5, 0.6) is 5.75 Å². The van der Waals surface area contributed by atoms with E-state index in [0.717, 1.165) is 18.4 Å².